The van der Waals surface area contributed by atoms with Gasteiger partial charge in [0.05, 0.1) is 24.5 Å². The van der Waals surface area contributed by atoms with Crippen molar-refractivity contribution in [3.63, 3.8) is 0 Å². The average Bonchev–Trinajstić information content (AvgIpc) is 3.34. The topological polar surface area (TPSA) is 75.1 Å². The Morgan fingerprint density at radius 3 is 2.96 bits per heavy atom. The van der Waals surface area contributed by atoms with Gasteiger partial charge in [-0.25, -0.2) is 4.79 Å². The number of hydrogen-bond acceptors (Lipinski definition) is 4. The second-order valence-corrected chi connectivity index (χ2v) is 7.82. The molecule has 0 radical (unpaired) electrons. The lowest BCUT2D eigenvalue weighted by Gasteiger charge is -2.27. The van der Waals surface area contributed by atoms with Crippen molar-refractivity contribution < 1.29 is 4.79 Å². The maximum atomic E-state index is 12.2. The Bertz CT molecular complexity index is 830. The fraction of sp³-hybridized carbons (Fsp3) is 0.571. The van der Waals surface area contributed by atoms with Crippen LogP contribution in [0.5, 0.6) is 0 Å². The number of amides is 2. The molecule has 1 aliphatic heterocycles. The van der Waals surface area contributed by atoms with E-state index in [-0.39, 0.29) is 6.03 Å². The Hall–Kier alpha value is -2.41. The minimum Gasteiger partial charge on any atom is -0.334 e. The van der Waals surface area contributed by atoms with Crippen molar-refractivity contribution in [3.05, 3.63) is 46.5 Å². The van der Waals surface area contributed by atoms with Gasteiger partial charge in [-0.05, 0) is 49.4 Å². The largest absolute Gasteiger partial charge is 0.334 e. The van der Waals surface area contributed by atoms with Crippen molar-refractivity contribution in [2.75, 3.05) is 13.1 Å². The second-order valence-electron chi connectivity index (χ2n) is 7.82. The van der Waals surface area contributed by atoms with Gasteiger partial charge in [0.25, 0.3) is 0 Å². The number of fused-ring (bicyclic) bond motifs is 2. The lowest BCUT2D eigenvalue weighted by Crippen LogP contribution is -2.35. The van der Waals surface area contributed by atoms with E-state index in [1.807, 2.05) is 6.20 Å². The molecule has 0 spiro atoms. The molecule has 3 heterocycles. The van der Waals surface area contributed by atoms with E-state index in [4.69, 9.17) is 0 Å². The Kier molecular flexibility index (Phi) is 5.90. The fourth-order valence-corrected chi connectivity index (χ4v) is 4.03. The minimum atomic E-state index is -0.170. The molecule has 1 aliphatic carbocycles. The first-order valence-electron chi connectivity index (χ1n) is 10.5. The fourth-order valence-electron chi connectivity index (χ4n) is 4.03. The minimum absolute atomic E-state index is 0.170. The smallest absolute Gasteiger partial charge is 0.315 e. The van der Waals surface area contributed by atoms with Crippen molar-refractivity contribution in [1.29, 1.82) is 0 Å². The number of aryl methyl sites for hydroxylation is 2. The van der Waals surface area contributed by atoms with Crippen LogP contribution in [0.4, 0.5) is 4.79 Å². The number of hydrogen-bond donors (Lipinski definition) is 2. The summed E-state index contributed by atoms with van der Waals surface area (Å²) in [4.78, 5) is 19.1. The van der Waals surface area contributed by atoms with E-state index in [2.05, 4.69) is 49.4 Å². The van der Waals surface area contributed by atoms with Crippen molar-refractivity contribution >= 4 is 6.03 Å². The maximum Gasteiger partial charge on any atom is 0.315 e. The second kappa shape index (κ2) is 8.73. The van der Waals surface area contributed by atoms with E-state index in [1.54, 1.807) is 0 Å². The highest BCUT2D eigenvalue weighted by Crippen LogP contribution is 2.20. The molecule has 4 rings (SSSR count). The summed E-state index contributed by atoms with van der Waals surface area (Å²) in [6, 6.07) is 4.11. The van der Waals surface area contributed by atoms with Gasteiger partial charge in [0, 0.05) is 31.5 Å². The molecule has 2 N–H and O–H groups in total. The molecule has 2 aromatic heterocycles. The SMILES string of the molecule is CCCCN1CCn2nc(CNC(=O)NCc3cnc4c(c3)CCC4)cc2C1. The van der Waals surface area contributed by atoms with Gasteiger partial charge >= 0.3 is 6.03 Å². The zero-order valence-corrected chi connectivity index (χ0v) is 16.7. The van der Waals surface area contributed by atoms with Gasteiger partial charge in [0.2, 0.25) is 0 Å². The van der Waals surface area contributed by atoms with Crippen LogP contribution in [0.2, 0.25) is 0 Å². The molecule has 7 heteroatoms. The first-order valence-corrected chi connectivity index (χ1v) is 10.5. The van der Waals surface area contributed by atoms with Gasteiger partial charge in [-0.15, -0.1) is 0 Å². The highest BCUT2D eigenvalue weighted by atomic mass is 16.2. The number of nitrogens with one attached hydrogen (secondary N) is 2. The molecule has 0 atom stereocenters. The molecular weight excluding hydrogens is 352 g/mol. The third kappa shape index (κ3) is 4.52. The maximum absolute atomic E-state index is 12.2. The van der Waals surface area contributed by atoms with E-state index in [0.29, 0.717) is 13.1 Å². The third-order valence-electron chi connectivity index (χ3n) is 5.61. The van der Waals surface area contributed by atoms with Crippen LogP contribution in [0.3, 0.4) is 0 Å². The first kappa shape index (κ1) is 18.9. The third-order valence-corrected chi connectivity index (χ3v) is 5.61. The summed E-state index contributed by atoms with van der Waals surface area (Å²) in [5.41, 5.74) is 5.76. The van der Waals surface area contributed by atoms with E-state index < -0.39 is 0 Å². The quantitative estimate of drug-likeness (QED) is 0.771. The van der Waals surface area contributed by atoms with Crippen LogP contribution in [-0.2, 0) is 39.0 Å². The molecular formula is C21H30N6O. The van der Waals surface area contributed by atoms with E-state index in [9.17, 15) is 4.79 Å². The molecule has 2 aliphatic rings. The van der Waals surface area contributed by atoms with Gasteiger partial charge in [0.15, 0.2) is 0 Å². The summed E-state index contributed by atoms with van der Waals surface area (Å²) in [6.07, 6.45) is 7.70. The number of carbonyl (C=O) groups excluding carboxylic acids is 1. The Labute approximate surface area is 166 Å². The molecule has 150 valence electrons. The number of nitrogens with zero attached hydrogens (tertiary/aromatic N) is 4. The number of unbranched alkanes of at least 4 members (excludes halogenated alkanes) is 1. The number of urea groups is 1. The summed E-state index contributed by atoms with van der Waals surface area (Å²) in [5.74, 6) is 0. The molecule has 2 amide bonds. The van der Waals surface area contributed by atoms with Crippen LogP contribution in [0.15, 0.2) is 18.3 Å². The molecule has 0 fully saturated rings. The molecule has 2 aromatic rings. The monoisotopic (exact) mass is 382 g/mol. The lowest BCUT2D eigenvalue weighted by atomic mass is 10.1. The standard InChI is InChI=1S/C21H30N6O/c1-2-3-7-26-8-9-27-19(15-26)11-18(25-27)14-24-21(28)23-13-16-10-17-5-4-6-20(17)22-12-16/h10-12H,2-9,13-15H2,1H3,(H2,23,24,28). The number of rotatable bonds is 7. The van der Waals surface area contributed by atoms with Crippen LogP contribution in [0.25, 0.3) is 0 Å². The highest BCUT2D eigenvalue weighted by molar-refractivity contribution is 5.73. The van der Waals surface area contributed by atoms with Gasteiger partial charge in [0.1, 0.15) is 0 Å². The molecule has 0 saturated heterocycles. The van der Waals surface area contributed by atoms with E-state index in [1.165, 1.54) is 36.2 Å². The van der Waals surface area contributed by atoms with Crippen molar-refractivity contribution in [3.8, 4) is 0 Å². The van der Waals surface area contributed by atoms with Crippen LogP contribution in [-0.4, -0.2) is 38.8 Å². The average molecular weight is 383 g/mol. The van der Waals surface area contributed by atoms with Crippen LogP contribution >= 0.6 is 0 Å². The van der Waals surface area contributed by atoms with Crippen molar-refractivity contribution in [2.24, 2.45) is 0 Å². The molecule has 0 bridgehead atoms. The molecule has 28 heavy (non-hydrogen) atoms. The number of carbonyl (C=O) groups is 1. The number of aromatic nitrogens is 3. The summed E-state index contributed by atoms with van der Waals surface area (Å²) in [6.45, 7) is 7.25. The van der Waals surface area contributed by atoms with Crippen LogP contribution < -0.4 is 10.6 Å². The Balaban J connectivity index is 1.24. The summed E-state index contributed by atoms with van der Waals surface area (Å²) >= 11 is 0. The molecule has 0 unspecified atom stereocenters. The van der Waals surface area contributed by atoms with Crippen LogP contribution in [0, 0.1) is 0 Å². The zero-order chi connectivity index (χ0) is 19.3. The summed E-state index contributed by atoms with van der Waals surface area (Å²) < 4.78 is 2.08. The van der Waals surface area contributed by atoms with Crippen molar-refractivity contribution in [1.82, 2.24) is 30.3 Å². The highest BCUT2D eigenvalue weighted by Gasteiger charge is 2.18. The molecule has 0 saturated carbocycles. The summed E-state index contributed by atoms with van der Waals surface area (Å²) in [5, 5.41) is 10.5. The Morgan fingerprint density at radius 2 is 2.07 bits per heavy atom. The van der Waals surface area contributed by atoms with E-state index in [0.717, 1.165) is 50.3 Å². The molecule has 0 aromatic carbocycles. The summed E-state index contributed by atoms with van der Waals surface area (Å²) in [7, 11) is 0. The lowest BCUT2D eigenvalue weighted by molar-refractivity contribution is 0.210. The van der Waals surface area contributed by atoms with Gasteiger partial charge in [-0.3, -0.25) is 14.6 Å². The first-order chi connectivity index (χ1) is 13.7. The van der Waals surface area contributed by atoms with Crippen molar-refractivity contribution in [2.45, 2.75) is 65.2 Å². The van der Waals surface area contributed by atoms with Gasteiger partial charge in [-0.1, -0.05) is 19.4 Å². The predicted molar refractivity (Wildman–Crippen MR) is 108 cm³/mol. The Morgan fingerprint density at radius 1 is 1.18 bits per heavy atom. The normalized spacial score (nSPS) is 15.9. The van der Waals surface area contributed by atoms with E-state index >= 15 is 0 Å². The number of pyridine rings is 1. The zero-order valence-electron chi connectivity index (χ0n) is 16.7. The van der Waals surface area contributed by atoms with Gasteiger partial charge in [-0.2, -0.15) is 5.10 Å². The molecule has 7 nitrogen and oxygen atoms in total. The predicted octanol–water partition coefficient (Wildman–Crippen LogP) is 2.38. The van der Waals surface area contributed by atoms with Gasteiger partial charge < -0.3 is 10.6 Å². The van der Waals surface area contributed by atoms with Crippen LogP contribution in [0.1, 0.15) is 54.4 Å².